The fraction of sp³-hybridized carbons (Fsp3) is 0.636. The SMILES string of the molecule is CCSCc1nc(C)c(CCN)c(C)n1. The lowest BCUT2D eigenvalue weighted by molar-refractivity contribution is 0.868. The van der Waals surface area contributed by atoms with E-state index in [1.54, 1.807) is 0 Å². The normalized spacial score (nSPS) is 10.7. The van der Waals surface area contributed by atoms with Crippen molar-refractivity contribution < 1.29 is 0 Å². The predicted octanol–water partition coefficient (Wildman–Crippen LogP) is 1.85. The number of hydrogen-bond donors (Lipinski definition) is 1. The minimum Gasteiger partial charge on any atom is -0.330 e. The highest BCUT2D eigenvalue weighted by Crippen LogP contribution is 2.14. The molecule has 0 aliphatic heterocycles. The average Bonchev–Trinajstić information content (AvgIpc) is 2.20. The van der Waals surface area contributed by atoms with Gasteiger partial charge in [-0.15, -0.1) is 0 Å². The van der Waals surface area contributed by atoms with Crippen LogP contribution in [0.1, 0.15) is 29.7 Å². The highest BCUT2D eigenvalue weighted by molar-refractivity contribution is 7.98. The number of hydrogen-bond acceptors (Lipinski definition) is 4. The van der Waals surface area contributed by atoms with Crippen LogP contribution in [0.2, 0.25) is 0 Å². The van der Waals surface area contributed by atoms with E-state index in [4.69, 9.17) is 5.73 Å². The summed E-state index contributed by atoms with van der Waals surface area (Å²) < 4.78 is 0. The maximum absolute atomic E-state index is 5.56. The average molecular weight is 225 g/mol. The van der Waals surface area contributed by atoms with E-state index in [9.17, 15) is 0 Å². The van der Waals surface area contributed by atoms with Crippen LogP contribution >= 0.6 is 11.8 Å². The number of aryl methyl sites for hydroxylation is 2. The summed E-state index contributed by atoms with van der Waals surface area (Å²) in [5, 5.41) is 0. The van der Waals surface area contributed by atoms with Gasteiger partial charge < -0.3 is 5.73 Å². The summed E-state index contributed by atoms with van der Waals surface area (Å²) in [6.45, 7) is 6.89. The van der Waals surface area contributed by atoms with Crippen LogP contribution in [-0.2, 0) is 12.2 Å². The van der Waals surface area contributed by atoms with E-state index in [0.717, 1.165) is 35.1 Å². The summed E-state index contributed by atoms with van der Waals surface area (Å²) in [6, 6.07) is 0. The maximum Gasteiger partial charge on any atom is 0.138 e. The zero-order valence-corrected chi connectivity index (χ0v) is 10.5. The van der Waals surface area contributed by atoms with Gasteiger partial charge in [0.05, 0.1) is 5.75 Å². The fourth-order valence-corrected chi connectivity index (χ4v) is 2.09. The molecule has 2 N–H and O–H groups in total. The van der Waals surface area contributed by atoms with E-state index in [-0.39, 0.29) is 0 Å². The molecule has 0 unspecified atom stereocenters. The molecule has 84 valence electrons. The van der Waals surface area contributed by atoms with E-state index in [2.05, 4.69) is 16.9 Å². The van der Waals surface area contributed by atoms with Crippen molar-refractivity contribution in [2.75, 3.05) is 12.3 Å². The van der Waals surface area contributed by atoms with E-state index in [0.29, 0.717) is 6.54 Å². The van der Waals surface area contributed by atoms with Gasteiger partial charge in [0.15, 0.2) is 0 Å². The molecule has 0 saturated carbocycles. The largest absolute Gasteiger partial charge is 0.330 e. The summed E-state index contributed by atoms with van der Waals surface area (Å²) in [6.07, 6.45) is 0.874. The minimum atomic E-state index is 0.661. The van der Waals surface area contributed by atoms with Gasteiger partial charge in [0.1, 0.15) is 5.82 Å². The summed E-state index contributed by atoms with van der Waals surface area (Å²) in [7, 11) is 0. The zero-order valence-electron chi connectivity index (χ0n) is 9.71. The molecule has 0 aromatic carbocycles. The molecule has 4 heteroatoms. The summed E-state index contributed by atoms with van der Waals surface area (Å²) >= 11 is 1.85. The Morgan fingerprint density at radius 3 is 2.27 bits per heavy atom. The van der Waals surface area contributed by atoms with Gasteiger partial charge in [-0.3, -0.25) is 0 Å². The van der Waals surface area contributed by atoms with Gasteiger partial charge in [-0.1, -0.05) is 6.92 Å². The Hall–Kier alpha value is -0.610. The Balaban J connectivity index is 2.87. The molecule has 0 aliphatic carbocycles. The quantitative estimate of drug-likeness (QED) is 0.831. The molecular weight excluding hydrogens is 206 g/mol. The van der Waals surface area contributed by atoms with Crippen molar-refractivity contribution in [1.82, 2.24) is 9.97 Å². The number of aromatic nitrogens is 2. The molecule has 0 aliphatic rings. The van der Waals surface area contributed by atoms with Gasteiger partial charge in [-0.05, 0) is 38.1 Å². The number of thioether (sulfide) groups is 1. The fourth-order valence-electron chi connectivity index (χ4n) is 1.57. The smallest absolute Gasteiger partial charge is 0.138 e. The van der Waals surface area contributed by atoms with Gasteiger partial charge in [0.2, 0.25) is 0 Å². The van der Waals surface area contributed by atoms with Crippen molar-refractivity contribution in [3.8, 4) is 0 Å². The molecule has 0 spiro atoms. The van der Waals surface area contributed by atoms with Gasteiger partial charge in [0, 0.05) is 11.4 Å². The Labute approximate surface area is 95.9 Å². The number of nitrogens with two attached hydrogens (primary N) is 1. The minimum absolute atomic E-state index is 0.661. The molecule has 1 rings (SSSR count). The van der Waals surface area contributed by atoms with Crippen molar-refractivity contribution >= 4 is 11.8 Å². The number of rotatable bonds is 5. The van der Waals surface area contributed by atoms with Crippen molar-refractivity contribution in [2.45, 2.75) is 32.9 Å². The van der Waals surface area contributed by atoms with Gasteiger partial charge in [0.25, 0.3) is 0 Å². The van der Waals surface area contributed by atoms with Crippen LogP contribution in [0.3, 0.4) is 0 Å². The molecule has 0 atom stereocenters. The summed E-state index contributed by atoms with van der Waals surface area (Å²) in [5.41, 5.74) is 8.93. The molecular formula is C11H19N3S. The van der Waals surface area contributed by atoms with Crippen molar-refractivity contribution in [1.29, 1.82) is 0 Å². The highest BCUT2D eigenvalue weighted by Gasteiger charge is 2.07. The monoisotopic (exact) mass is 225 g/mol. The molecule has 1 aromatic heterocycles. The molecule has 1 heterocycles. The first-order chi connectivity index (χ1) is 7.19. The van der Waals surface area contributed by atoms with Gasteiger partial charge >= 0.3 is 0 Å². The maximum atomic E-state index is 5.56. The van der Waals surface area contributed by atoms with Gasteiger partial charge in [-0.25, -0.2) is 9.97 Å². The third kappa shape index (κ3) is 3.47. The van der Waals surface area contributed by atoms with Crippen molar-refractivity contribution in [2.24, 2.45) is 5.73 Å². The van der Waals surface area contributed by atoms with Crippen LogP contribution in [0, 0.1) is 13.8 Å². The van der Waals surface area contributed by atoms with E-state index >= 15 is 0 Å². The Morgan fingerprint density at radius 1 is 1.20 bits per heavy atom. The lowest BCUT2D eigenvalue weighted by Crippen LogP contribution is -2.10. The molecule has 3 nitrogen and oxygen atoms in total. The molecule has 0 bridgehead atoms. The molecule has 0 fully saturated rings. The molecule has 0 saturated heterocycles. The lowest BCUT2D eigenvalue weighted by atomic mass is 10.1. The third-order valence-corrected chi connectivity index (χ3v) is 3.17. The zero-order chi connectivity index (χ0) is 11.3. The summed E-state index contributed by atoms with van der Waals surface area (Å²) in [5.74, 6) is 2.95. The lowest BCUT2D eigenvalue weighted by Gasteiger charge is -2.09. The first-order valence-corrected chi connectivity index (χ1v) is 6.45. The second-order valence-corrected chi connectivity index (χ2v) is 4.74. The first kappa shape index (κ1) is 12.5. The van der Waals surface area contributed by atoms with Crippen LogP contribution in [0.4, 0.5) is 0 Å². The van der Waals surface area contributed by atoms with Crippen LogP contribution in [-0.4, -0.2) is 22.3 Å². The van der Waals surface area contributed by atoms with Crippen molar-refractivity contribution in [3.05, 3.63) is 22.8 Å². The molecule has 1 aromatic rings. The Kier molecular flexibility index (Phi) is 5.05. The van der Waals surface area contributed by atoms with Gasteiger partial charge in [-0.2, -0.15) is 11.8 Å². The Morgan fingerprint density at radius 2 is 1.80 bits per heavy atom. The van der Waals surface area contributed by atoms with E-state index in [1.165, 1.54) is 5.56 Å². The van der Waals surface area contributed by atoms with Crippen LogP contribution in [0.15, 0.2) is 0 Å². The first-order valence-electron chi connectivity index (χ1n) is 5.29. The second kappa shape index (κ2) is 6.08. The van der Waals surface area contributed by atoms with Crippen molar-refractivity contribution in [3.63, 3.8) is 0 Å². The molecule has 0 radical (unpaired) electrons. The van der Waals surface area contributed by atoms with E-state index < -0.39 is 0 Å². The third-order valence-electron chi connectivity index (χ3n) is 2.30. The topological polar surface area (TPSA) is 51.8 Å². The predicted molar refractivity (Wildman–Crippen MR) is 66.1 cm³/mol. The van der Waals surface area contributed by atoms with Crippen LogP contribution < -0.4 is 5.73 Å². The second-order valence-electron chi connectivity index (χ2n) is 3.47. The number of nitrogens with zero attached hydrogens (tertiary/aromatic N) is 2. The molecule has 15 heavy (non-hydrogen) atoms. The molecule has 0 amide bonds. The van der Waals surface area contributed by atoms with Crippen LogP contribution in [0.5, 0.6) is 0 Å². The highest BCUT2D eigenvalue weighted by atomic mass is 32.2. The standard InChI is InChI=1S/C11H19N3S/c1-4-15-7-11-13-8(2)10(5-6-12)9(3)14-11/h4-7,12H2,1-3H3. The summed E-state index contributed by atoms with van der Waals surface area (Å²) in [4.78, 5) is 9.01. The van der Waals surface area contributed by atoms with E-state index in [1.807, 2.05) is 25.6 Å². The van der Waals surface area contributed by atoms with Crippen LogP contribution in [0.25, 0.3) is 0 Å². The Bertz CT molecular complexity index is 303.